The predicted octanol–water partition coefficient (Wildman–Crippen LogP) is 1.98. The second-order valence-electron chi connectivity index (χ2n) is 3.60. The molecule has 4 nitrogen and oxygen atoms in total. The number of likely N-dealkylation sites (N-methyl/N-ethyl adjacent to an activating group) is 1. The number of carboxylic acids is 1. The van der Waals surface area contributed by atoms with Crippen molar-refractivity contribution in [1.29, 1.82) is 0 Å². The highest BCUT2D eigenvalue weighted by Crippen LogP contribution is 2.22. The smallest absolute Gasteiger partial charge is 0.339 e. The molecule has 0 amide bonds. The van der Waals surface area contributed by atoms with E-state index in [1.54, 1.807) is 12.1 Å². The van der Waals surface area contributed by atoms with E-state index < -0.39 is 5.97 Å². The van der Waals surface area contributed by atoms with Crippen molar-refractivity contribution in [3.8, 4) is 5.75 Å². The van der Waals surface area contributed by atoms with E-state index in [9.17, 15) is 4.79 Å². The Hall–Kier alpha value is -1.26. The quantitative estimate of drug-likeness (QED) is 0.859. The topological polar surface area (TPSA) is 49.8 Å². The molecule has 0 aliphatic carbocycles. The number of hydrogen-bond donors (Lipinski definition) is 1. The summed E-state index contributed by atoms with van der Waals surface area (Å²) in [4.78, 5) is 12.9. The van der Waals surface area contributed by atoms with Gasteiger partial charge < -0.3 is 14.7 Å². The molecule has 1 aromatic carbocycles. The van der Waals surface area contributed by atoms with Gasteiger partial charge in [-0.25, -0.2) is 4.79 Å². The summed E-state index contributed by atoms with van der Waals surface area (Å²) in [5.74, 6) is -0.693. The summed E-state index contributed by atoms with van der Waals surface area (Å²) in [6.45, 7) is 1.16. The fraction of sp³-hybridized carbons (Fsp3) is 0.364. The average molecular weight is 244 g/mol. The minimum absolute atomic E-state index is 0.0891. The first kappa shape index (κ1) is 12.8. The predicted molar refractivity (Wildman–Crippen MR) is 62.5 cm³/mol. The van der Waals surface area contributed by atoms with Crippen molar-refractivity contribution >= 4 is 17.6 Å². The number of halogens is 1. The molecule has 0 fully saturated rings. The number of carboxylic acid groups (broad SMARTS) is 1. The Balaban J connectivity index is 2.75. The lowest BCUT2D eigenvalue weighted by Crippen LogP contribution is -2.20. The Morgan fingerprint density at radius 3 is 2.75 bits per heavy atom. The van der Waals surface area contributed by atoms with Crippen LogP contribution in [0.3, 0.4) is 0 Å². The lowest BCUT2D eigenvalue weighted by molar-refractivity contribution is 0.0692. The van der Waals surface area contributed by atoms with Gasteiger partial charge in [0.1, 0.15) is 17.9 Å². The zero-order valence-electron chi connectivity index (χ0n) is 9.24. The summed E-state index contributed by atoms with van der Waals surface area (Å²) in [6.07, 6.45) is 0. The summed E-state index contributed by atoms with van der Waals surface area (Å²) in [7, 11) is 3.84. The molecule has 1 rings (SSSR count). The summed E-state index contributed by atoms with van der Waals surface area (Å²) >= 11 is 5.72. The molecule has 0 radical (unpaired) electrons. The highest BCUT2D eigenvalue weighted by atomic mass is 35.5. The van der Waals surface area contributed by atoms with E-state index in [0.717, 1.165) is 6.54 Å². The summed E-state index contributed by atoms with van der Waals surface area (Å²) < 4.78 is 5.38. The Bertz CT molecular complexity index is 379. The van der Waals surface area contributed by atoms with Gasteiger partial charge in [0.05, 0.1) is 0 Å². The maximum atomic E-state index is 10.9. The van der Waals surface area contributed by atoms with Crippen molar-refractivity contribution in [1.82, 2.24) is 4.90 Å². The van der Waals surface area contributed by atoms with Crippen molar-refractivity contribution in [2.45, 2.75) is 0 Å². The van der Waals surface area contributed by atoms with E-state index in [2.05, 4.69) is 0 Å². The highest BCUT2D eigenvalue weighted by Gasteiger charge is 2.11. The normalized spacial score (nSPS) is 10.5. The number of carbonyl (C=O) groups is 1. The van der Waals surface area contributed by atoms with Gasteiger partial charge in [-0.05, 0) is 32.3 Å². The van der Waals surface area contributed by atoms with Crippen LogP contribution < -0.4 is 4.74 Å². The van der Waals surface area contributed by atoms with E-state index in [1.807, 2.05) is 19.0 Å². The molecule has 0 aliphatic rings. The first-order valence-electron chi connectivity index (χ1n) is 4.81. The standard InChI is InChI=1S/C11H14ClNO3/c1-13(2)5-6-16-10-4-3-8(12)7-9(10)11(14)15/h3-4,7H,5-6H2,1-2H3,(H,14,15). The summed E-state index contributed by atoms with van der Waals surface area (Å²) in [5, 5.41) is 9.34. The van der Waals surface area contributed by atoms with Gasteiger partial charge in [0, 0.05) is 11.6 Å². The van der Waals surface area contributed by atoms with Crippen LogP contribution in [0.25, 0.3) is 0 Å². The lowest BCUT2D eigenvalue weighted by Gasteiger charge is -2.12. The van der Waals surface area contributed by atoms with Crippen LogP contribution in [0.15, 0.2) is 18.2 Å². The molecule has 0 unspecified atom stereocenters. The van der Waals surface area contributed by atoms with Crippen LogP contribution in [0.5, 0.6) is 5.75 Å². The van der Waals surface area contributed by atoms with Crippen LogP contribution in [0.4, 0.5) is 0 Å². The molecule has 1 N–H and O–H groups in total. The van der Waals surface area contributed by atoms with Gasteiger partial charge in [-0.2, -0.15) is 0 Å². The Labute approximate surface area is 99.4 Å². The second-order valence-corrected chi connectivity index (χ2v) is 4.03. The number of benzene rings is 1. The van der Waals surface area contributed by atoms with Crippen LogP contribution in [0, 0.1) is 0 Å². The highest BCUT2D eigenvalue weighted by molar-refractivity contribution is 6.31. The monoisotopic (exact) mass is 243 g/mol. The van der Waals surface area contributed by atoms with E-state index in [0.29, 0.717) is 17.4 Å². The third-order valence-corrected chi connectivity index (χ3v) is 2.20. The van der Waals surface area contributed by atoms with Gasteiger partial charge in [-0.1, -0.05) is 11.6 Å². The molecule has 0 bridgehead atoms. The lowest BCUT2D eigenvalue weighted by atomic mass is 10.2. The molecule has 0 saturated carbocycles. The van der Waals surface area contributed by atoms with Crippen molar-refractivity contribution < 1.29 is 14.6 Å². The van der Waals surface area contributed by atoms with Gasteiger partial charge in [-0.3, -0.25) is 0 Å². The summed E-state index contributed by atoms with van der Waals surface area (Å²) in [6, 6.07) is 4.56. The van der Waals surface area contributed by atoms with E-state index in [1.165, 1.54) is 6.07 Å². The molecule has 16 heavy (non-hydrogen) atoms. The first-order chi connectivity index (χ1) is 7.50. The van der Waals surface area contributed by atoms with Crippen molar-refractivity contribution in [2.24, 2.45) is 0 Å². The molecular weight excluding hydrogens is 230 g/mol. The maximum Gasteiger partial charge on any atom is 0.339 e. The van der Waals surface area contributed by atoms with E-state index in [-0.39, 0.29) is 5.56 Å². The van der Waals surface area contributed by atoms with Gasteiger partial charge in [0.2, 0.25) is 0 Å². The zero-order valence-corrected chi connectivity index (χ0v) is 9.99. The molecule has 5 heteroatoms. The molecule has 0 aromatic heterocycles. The average Bonchev–Trinajstić information content (AvgIpc) is 2.19. The van der Waals surface area contributed by atoms with Gasteiger partial charge >= 0.3 is 5.97 Å². The third kappa shape index (κ3) is 3.72. The first-order valence-corrected chi connectivity index (χ1v) is 5.19. The fourth-order valence-electron chi connectivity index (χ4n) is 1.13. The molecule has 0 spiro atoms. The van der Waals surface area contributed by atoms with Crippen molar-refractivity contribution in [3.63, 3.8) is 0 Å². The third-order valence-electron chi connectivity index (χ3n) is 1.97. The Morgan fingerprint density at radius 1 is 1.50 bits per heavy atom. The Kier molecular flexibility index (Phi) is 4.58. The van der Waals surface area contributed by atoms with Crippen LogP contribution in [-0.2, 0) is 0 Å². The molecular formula is C11H14ClNO3. The van der Waals surface area contributed by atoms with Crippen molar-refractivity contribution in [2.75, 3.05) is 27.2 Å². The number of rotatable bonds is 5. The zero-order chi connectivity index (χ0) is 12.1. The van der Waals surface area contributed by atoms with Crippen LogP contribution >= 0.6 is 11.6 Å². The summed E-state index contributed by atoms with van der Waals surface area (Å²) in [5.41, 5.74) is 0.0891. The number of ether oxygens (including phenoxy) is 1. The molecule has 88 valence electrons. The fourth-order valence-corrected chi connectivity index (χ4v) is 1.31. The Morgan fingerprint density at radius 2 is 2.19 bits per heavy atom. The molecule has 0 heterocycles. The largest absolute Gasteiger partial charge is 0.491 e. The van der Waals surface area contributed by atoms with E-state index in [4.69, 9.17) is 21.4 Å². The number of aromatic carboxylic acids is 1. The van der Waals surface area contributed by atoms with E-state index >= 15 is 0 Å². The van der Waals surface area contributed by atoms with Crippen LogP contribution in [0.1, 0.15) is 10.4 Å². The minimum atomic E-state index is -1.04. The number of hydrogen-bond acceptors (Lipinski definition) is 3. The molecule has 0 atom stereocenters. The SMILES string of the molecule is CN(C)CCOc1ccc(Cl)cc1C(=O)O. The maximum absolute atomic E-state index is 10.9. The second kappa shape index (κ2) is 5.72. The minimum Gasteiger partial charge on any atom is -0.491 e. The molecule has 0 aliphatic heterocycles. The van der Waals surface area contributed by atoms with Gasteiger partial charge in [-0.15, -0.1) is 0 Å². The number of nitrogens with zero attached hydrogens (tertiary/aromatic N) is 1. The van der Waals surface area contributed by atoms with Crippen LogP contribution in [-0.4, -0.2) is 43.2 Å². The molecule has 1 aromatic rings. The van der Waals surface area contributed by atoms with Crippen LogP contribution in [0.2, 0.25) is 5.02 Å². The van der Waals surface area contributed by atoms with Crippen molar-refractivity contribution in [3.05, 3.63) is 28.8 Å². The molecule has 0 saturated heterocycles. The van der Waals surface area contributed by atoms with Gasteiger partial charge in [0.25, 0.3) is 0 Å². The van der Waals surface area contributed by atoms with Gasteiger partial charge in [0.15, 0.2) is 0 Å².